The molecule has 0 aliphatic carbocycles. The van der Waals surface area contributed by atoms with Crippen LogP contribution in [0.3, 0.4) is 0 Å². The maximum absolute atomic E-state index is 12.8. The highest BCUT2D eigenvalue weighted by molar-refractivity contribution is 6.06. The van der Waals surface area contributed by atoms with Crippen molar-refractivity contribution < 1.29 is 24.0 Å². The number of benzene rings is 3. The monoisotopic (exact) mass is 449 g/mol. The lowest BCUT2D eigenvalue weighted by atomic mass is 10.1. The van der Waals surface area contributed by atoms with Crippen molar-refractivity contribution in [1.29, 1.82) is 0 Å². The van der Waals surface area contributed by atoms with E-state index in [0.717, 1.165) is 18.2 Å². The third-order valence-corrected chi connectivity index (χ3v) is 4.57. The van der Waals surface area contributed by atoms with Crippen LogP contribution in [0, 0.1) is 30.3 Å². The number of para-hydroxylation sites is 1. The summed E-state index contributed by atoms with van der Waals surface area (Å²) in [4.78, 5) is 47.9. The highest BCUT2D eigenvalue weighted by Gasteiger charge is 2.21. The Balaban J connectivity index is 1.71. The maximum atomic E-state index is 12.8. The van der Waals surface area contributed by atoms with E-state index in [1.165, 1.54) is 24.3 Å². The van der Waals surface area contributed by atoms with Gasteiger partial charge in [-0.3, -0.25) is 35.1 Å². The van der Waals surface area contributed by atoms with E-state index < -0.39 is 32.1 Å². The normalized spacial score (nSPS) is 10.7. The van der Waals surface area contributed by atoms with Crippen molar-refractivity contribution in [2.24, 2.45) is 0 Å². The molecular formula is C20H11N5O8. The molecule has 33 heavy (non-hydrogen) atoms. The molecule has 4 rings (SSSR count). The van der Waals surface area contributed by atoms with E-state index in [9.17, 15) is 35.1 Å². The molecule has 13 heteroatoms. The van der Waals surface area contributed by atoms with Crippen molar-refractivity contribution in [2.75, 3.05) is 5.32 Å². The lowest BCUT2D eigenvalue weighted by molar-refractivity contribution is -0.394. The molecule has 0 atom stereocenters. The third kappa shape index (κ3) is 4.18. The quantitative estimate of drug-likeness (QED) is 0.327. The largest absolute Gasteiger partial charge is 0.436 e. The second kappa shape index (κ2) is 8.14. The Morgan fingerprint density at radius 2 is 1.45 bits per heavy atom. The Morgan fingerprint density at radius 3 is 2.09 bits per heavy atom. The van der Waals surface area contributed by atoms with E-state index in [1.54, 1.807) is 18.2 Å². The first-order valence-corrected chi connectivity index (χ1v) is 9.12. The second-order valence-corrected chi connectivity index (χ2v) is 6.68. The molecule has 0 radical (unpaired) electrons. The van der Waals surface area contributed by atoms with Crippen molar-refractivity contribution in [2.45, 2.75) is 0 Å². The van der Waals surface area contributed by atoms with Crippen molar-refractivity contribution in [3.63, 3.8) is 0 Å². The van der Waals surface area contributed by atoms with Crippen LogP contribution in [0.4, 0.5) is 22.7 Å². The van der Waals surface area contributed by atoms with Gasteiger partial charge in [-0.15, -0.1) is 0 Å². The smallest absolute Gasteiger partial charge is 0.277 e. The van der Waals surface area contributed by atoms with Gasteiger partial charge in [0.1, 0.15) is 5.52 Å². The van der Waals surface area contributed by atoms with E-state index in [4.69, 9.17) is 4.42 Å². The number of amides is 1. The van der Waals surface area contributed by atoms with Gasteiger partial charge in [-0.05, 0) is 18.2 Å². The van der Waals surface area contributed by atoms with Crippen LogP contribution in [0.5, 0.6) is 0 Å². The molecule has 0 aliphatic heterocycles. The number of aromatic nitrogens is 1. The van der Waals surface area contributed by atoms with Crippen LogP contribution in [0.15, 0.2) is 65.1 Å². The lowest BCUT2D eigenvalue weighted by Gasteiger charge is -2.09. The van der Waals surface area contributed by atoms with Gasteiger partial charge in [0, 0.05) is 24.3 Å². The zero-order valence-electron chi connectivity index (χ0n) is 16.3. The van der Waals surface area contributed by atoms with Gasteiger partial charge in [-0.1, -0.05) is 12.1 Å². The SMILES string of the molecule is O=C(Nc1ccccc1-c1nc2cc([N+](=O)[O-])ccc2o1)c1cc([N+](=O)[O-])cc([N+](=O)[O-])c1. The summed E-state index contributed by atoms with van der Waals surface area (Å²) in [5.41, 5.74) is -0.635. The highest BCUT2D eigenvalue weighted by Crippen LogP contribution is 2.32. The van der Waals surface area contributed by atoms with Gasteiger partial charge in [-0.2, -0.15) is 0 Å². The number of nitrogens with zero attached hydrogens (tertiary/aromatic N) is 4. The zero-order chi connectivity index (χ0) is 23.7. The molecule has 0 aliphatic rings. The summed E-state index contributed by atoms with van der Waals surface area (Å²) in [5.74, 6) is -0.771. The predicted octanol–water partition coefficient (Wildman–Crippen LogP) is 4.47. The fraction of sp³-hybridized carbons (Fsp3) is 0. The minimum Gasteiger partial charge on any atom is -0.436 e. The molecule has 1 heterocycles. The summed E-state index contributed by atoms with van der Waals surface area (Å²) in [5, 5.41) is 35.7. The number of hydrogen-bond donors (Lipinski definition) is 1. The van der Waals surface area contributed by atoms with Gasteiger partial charge in [0.25, 0.3) is 23.0 Å². The summed E-state index contributed by atoms with van der Waals surface area (Å²) in [6, 6.07) is 12.8. The number of carbonyl (C=O) groups excluding carboxylic acids is 1. The average Bonchev–Trinajstić information content (AvgIpc) is 3.22. The van der Waals surface area contributed by atoms with Crippen LogP contribution in [0.25, 0.3) is 22.6 Å². The van der Waals surface area contributed by atoms with Crippen molar-refractivity contribution in [3.05, 3.63) is 96.6 Å². The van der Waals surface area contributed by atoms with Crippen LogP contribution in [-0.2, 0) is 0 Å². The number of carbonyl (C=O) groups is 1. The summed E-state index contributed by atoms with van der Waals surface area (Å²) in [6.07, 6.45) is 0. The van der Waals surface area contributed by atoms with Crippen LogP contribution < -0.4 is 5.32 Å². The summed E-state index contributed by atoms with van der Waals surface area (Å²) in [7, 11) is 0. The maximum Gasteiger partial charge on any atom is 0.277 e. The van der Waals surface area contributed by atoms with E-state index in [1.807, 2.05) is 0 Å². The zero-order valence-corrected chi connectivity index (χ0v) is 16.3. The number of rotatable bonds is 6. The number of hydrogen-bond acceptors (Lipinski definition) is 9. The molecule has 0 saturated heterocycles. The van der Waals surface area contributed by atoms with Crippen LogP contribution >= 0.6 is 0 Å². The summed E-state index contributed by atoms with van der Waals surface area (Å²) < 4.78 is 5.65. The van der Waals surface area contributed by atoms with Crippen molar-refractivity contribution >= 4 is 39.8 Å². The lowest BCUT2D eigenvalue weighted by Crippen LogP contribution is -2.13. The first-order chi connectivity index (χ1) is 15.7. The number of non-ortho nitro benzene ring substituents is 3. The van der Waals surface area contributed by atoms with E-state index >= 15 is 0 Å². The average molecular weight is 449 g/mol. The van der Waals surface area contributed by atoms with Gasteiger partial charge < -0.3 is 9.73 Å². The van der Waals surface area contributed by atoms with Crippen molar-refractivity contribution in [1.82, 2.24) is 4.98 Å². The Labute approximate surface area is 182 Å². The Kier molecular flexibility index (Phi) is 5.19. The topological polar surface area (TPSA) is 185 Å². The van der Waals surface area contributed by atoms with Gasteiger partial charge in [0.2, 0.25) is 5.89 Å². The predicted molar refractivity (Wildman–Crippen MR) is 114 cm³/mol. The molecular weight excluding hydrogens is 438 g/mol. The molecule has 1 N–H and O–H groups in total. The van der Waals surface area contributed by atoms with Crippen LogP contribution in [-0.4, -0.2) is 25.7 Å². The van der Waals surface area contributed by atoms with Gasteiger partial charge in [-0.25, -0.2) is 4.98 Å². The first kappa shape index (κ1) is 21.0. The molecule has 164 valence electrons. The Hall–Kier alpha value is -5.20. The minimum atomic E-state index is -0.838. The number of oxazole rings is 1. The van der Waals surface area contributed by atoms with Gasteiger partial charge in [0.05, 0.1) is 37.7 Å². The molecule has 1 amide bonds. The van der Waals surface area contributed by atoms with Crippen molar-refractivity contribution in [3.8, 4) is 11.5 Å². The number of fused-ring (bicyclic) bond motifs is 1. The fourth-order valence-corrected chi connectivity index (χ4v) is 3.05. The molecule has 0 bridgehead atoms. The molecule has 0 saturated carbocycles. The molecule has 3 aromatic carbocycles. The molecule has 0 unspecified atom stereocenters. The van der Waals surface area contributed by atoms with E-state index in [0.29, 0.717) is 5.56 Å². The third-order valence-electron chi connectivity index (χ3n) is 4.57. The van der Waals surface area contributed by atoms with E-state index in [2.05, 4.69) is 10.3 Å². The number of nitro groups is 3. The number of nitrogens with one attached hydrogen (secondary N) is 1. The fourth-order valence-electron chi connectivity index (χ4n) is 3.05. The first-order valence-electron chi connectivity index (χ1n) is 9.12. The molecule has 13 nitrogen and oxygen atoms in total. The second-order valence-electron chi connectivity index (χ2n) is 6.68. The molecule has 0 spiro atoms. The van der Waals surface area contributed by atoms with Gasteiger partial charge in [0.15, 0.2) is 5.58 Å². The molecule has 1 aromatic heterocycles. The molecule has 4 aromatic rings. The van der Waals surface area contributed by atoms with Gasteiger partial charge >= 0.3 is 0 Å². The van der Waals surface area contributed by atoms with Crippen LogP contribution in [0.2, 0.25) is 0 Å². The Bertz CT molecular complexity index is 1430. The Morgan fingerprint density at radius 1 is 0.818 bits per heavy atom. The standard InChI is InChI=1S/C20H11N5O8/c26-19(11-7-13(24(29)30)9-14(8-11)25(31)32)21-16-4-2-1-3-15(16)20-22-17-10-12(23(27)28)5-6-18(17)33-20/h1-10H,(H,21,26). The number of anilines is 1. The number of nitro benzene ring substituents is 3. The van der Waals surface area contributed by atoms with Crippen LogP contribution in [0.1, 0.15) is 10.4 Å². The highest BCUT2D eigenvalue weighted by atomic mass is 16.6. The minimum absolute atomic E-state index is 0.0615. The van der Waals surface area contributed by atoms with E-state index in [-0.39, 0.29) is 33.9 Å². The molecule has 0 fully saturated rings. The summed E-state index contributed by atoms with van der Waals surface area (Å²) in [6.45, 7) is 0. The summed E-state index contributed by atoms with van der Waals surface area (Å²) >= 11 is 0.